The number of anilines is 1. The third-order valence-corrected chi connectivity index (χ3v) is 3.52. The molecule has 3 heterocycles. The lowest BCUT2D eigenvalue weighted by Crippen LogP contribution is -2.03. The Kier molecular flexibility index (Phi) is 3.51. The van der Waals surface area contributed by atoms with E-state index in [4.69, 9.17) is 0 Å². The van der Waals surface area contributed by atoms with E-state index in [9.17, 15) is 0 Å². The zero-order valence-electron chi connectivity index (χ0n) is 11.2. The predicted molar refractivity (Wildman–Crippen MR) is 78.0 cm³/mol. The Hall–Kier alpha value is -2.15. The van der Waals surface area contributed by atoms with Gasteiger partial charge in [-0.15, -0.1) is 10.2 Å². The van der Waals surface area contributed by atoms with Crippen molar-refractivity contribution in [3.63, 3.8) is 0 Å². The second-order valence-corrected chi connectivity index (χ2v) is 5.20. The molecule has 0 aliphatic carbocycles. The van der Waals surface area contributed by atoms with Crippen molar-refractivity contribution in [2.75, 3.05) is 11.9 Å². The summed E-state index contributed by atoms with van der Waals surface area (Å²) in [7, 11) is 0. The molecule has 6 nitrogen and oxygen atoms in total. The summed E-state index contributed by atoms with van der Waals surface area (Å²) in [5.74, 6) is 0.642. The molecule has 0 fully saturated rings. The molecule has 20 heavy (non-hydrogen) atoms. The van der Waals surface area contributed by atoms with Crippen LogP contribution in [0.15, 0.2) is 40.6 Å². The van der Waals surface area contributed by atoms with Crippen LogP contribution in [0.1, 0.15) is 12.6 Å². The number of aryl methyl sites for hydroxylation is 1. The predicted octanol–water partition coefficient (Wildman–Crippen LogP) is 2.41. The summed E-state index contributed by atoms with van der Waals surface area (Å²) >= 11 is 1.48. The first-order valence-corrected chi connectivity index (χ1v) is 7.15. The van der Waals surface area contributed by atoms with E-state index >= 15 is 0 Å². The molecule has 0 aliphatic heterocycles. The molecule has 3 aromatic rings. The number of nitrogens with zero attached hydrogens (tertiary/aromatic N) is 5. The van der Waals surface area contributed by atoms with E-state index in [1.165, 1.54) is 11.8 Å². The molecule has 0 radical (unpaired) electrons. The molecule has 0 spiro atoms. The average molecular weight is 286 g/mol. The largest absolute Gasteiger partial charge is 0.354 e. The van der Waals surface area contributed by atoms with Gasteiger partial charge in [0.15, 0.2) is 5.65 Å². The molecule has 3 aromatic heterocycles. The molecule has 7 heteroatoms. The molecular formula is C13H14N6S. The second-order valence-electron chi connectivity index (χ2n) is 4.21. The molecule has 0 amide bonds. The van der Waals surface area contributed by atoms with Crippen molar-refractivity contribution in [2.45, 2.75) is 24.0 Å². The van der Waals surface area contributed by atoms with E-state index in [2.05, 4.69) is 25.5 Å². The first kappa shape index (κ1) is 12.9. The van der Waals surface area contributed by atoms with Gasteiger partial charge in [-0.1, -0.05) is 6.07 Å². The van der Waals surface area contributed by atoms with Crippen molar-refractivity contribution < 1.29 is 0 Å². The zero-order chi connectivity index (χ0) is 13.9. The maximum absolute atomic E-state index is 4.46. The number of pyridine rings is 1. The lowest BCUT2D eigenvalue weighted by Gasteiger charge is -2.05. The number of nitrogens with one attached hydrogen (secondary N) is 1. The summed E-state index contributed by atoms with van der Waals surface area (Å²) in [4.78, 5) is 8.80. The molecule has 0 aromatic carbocycles. The standard InChI is InChI=1S/C13H14N6S/c1-3-14-12-15-9(2)8-11(16-12)20-13-18-17-10-6-4-5-7-19(10)13/h4-8H,3H2,1-2H3,(H,14,15,16). The minimum Gasteiger partial charge on any atom is -0.354 e. The first-order valence-electron chi connectivity index (χ1n) is 6.33. The summed E-state index contributed by atoms with van der Waals surface area (Å²) in [6.07, 6.45) is 1.94. The van der Waals surface area contributed by atoms with Gasteiger partial charge in [-0.05, 0) is 43.8 Å². The monoisotopic (exact) mass is 286 g/mol. The Morgan fingerprint density at radius 3 is 3.00 bits per heavy atom. The number of rotatable bonds is 4. The summed E-state index contributed by atoms with van der Waals surface area (Å²) in [5, 5.41) is 13.1. The maximum Gasteiger partial charge on any atom is 0.223 e. The van der Waals surface area contributed by atoms with Gasteiger partial charge in [0.2, 0.25) is 11.1 Å². The summed E-state index contributed by atoms with van der Waals surface area (Å²) in [6, 6.07) is 7.76. The molecule has 102 valence electrons. The molecule has 0 saturated carbocycles. The van der Waals surface area contributed by atoms with Crippen LogP contribution in [0.5, 0.6) is 0 Å². The minimum absolute atomic E-state index is 0.642. The van der Waals surface area contributed by atoms with Gasteiger partial charge in [-0.25, -0.2) is 9.97 Å². The molecule has 0 saturated heterocycles. The van der Waals surface area contributed by atoms with Crippen molar-refractivity contribution >= 4 is 23.4 Å². The quantitative estimate of drug-likeness (QED) is 0.743. The van der Waals surface area contributed by atoms with Crippen LogP contribution in [0, 0.1) is 6.92 Å². The number of aromatic nitrogens is 5. The molecule has 0 bridgehead atoms. The number of hydrogen-bond donors (Lipinski definition) is 1. The lowest BCUT2D eigenvalue weighted by atomic mass is 10.5. The highest BCUT2D eigenvalue weighted by Gasteiger charge is 2.09. The van der Waals surface area contributed by atoms with Crippen LogP contribution in [-0.4, -0.2) is 31.1 Å². The van der Waals surface area contributed by atoms with Crippen LogP contribution in [0.2, 0.25) is 0 Å². The molecule has 0 unspecified atom stereocenters. The van der Waals surface area contributed by atoms with Crippen molar-refractivity contribution in [3.05, 3.63) is 36.2 Å². The van der Waals surface area contributed by atoms with Gasteiger partial charge < -0.3 is 5.32 Å². The third kappa shape index (κ3) is 2.57. The maximum atomic E-state index is 4.46. The fraction of sp³-hybridized carbons (Fsp3) is 0.231. The van der Waals surface area contributed by atoms with Crippen LogP contribution in [0.25, 0.3) is 5.65 Å². The first-order chi connectivity index (χ1) is 9.76. The Morgan fingerprint density at radius 1 is 1.25 bits per heavy atom. The van der Waals surface area contributed by atoms with E-state index in [0.717, 1.165) is 28.1 Å². The van der Waals surface area contributed by atoms with Gasteiger partial charge in [0, 0.05) is 18.4 Å². The van der Waals surface area contributed by atoms with Crippen molar-refractivity contribution in [1.82, 2.24) is 24.6 Å². The van der Waals surface area contributed by atoms with Crippen molar-refractivity contribution in [2.24, 2.45) is 0 Å². The van der Waals surface area contributed by atoms with Crippen molar-refractivity contribution in [3.8, 4) is 0 Å². The van der Waals surface area contributed by atoms with Gasteiger partial charge >= 0.3 is 0 Å². The van der Waals surface area contributed by atoms with Crippen LogP contribution >= 0.6 is 11.8 Å². The summed E-state index contributed by atoms with van der Waals surface area (Å²) < 4.78 is 1.94. The topological polar surface area (TPSA) is 68.0 Å². The number of hydrogen-bond acceptors (Lipinski definition) is 6. The fourth-order valence-electron chi connectivity index (χ4n) is 1.81. The third-order valence-electron chi connectivity index (χ3n) is 2.64. The van der Waals surface area contributed by atoms with Gasteiger partial charge in [0.1, 0.15) is 5.03 Å². The minimum atomic E-state index is 0.642. The lowest BCUT2D eigenvalue weighted by molar-refractivity contribution is 0.911. The SMILES string of the molecule is CCNc1nc(C)cc(Sc2nnc3ccccn23)n1. The number of fused-ring (bicyclic) bond motifs is 1. The van der Waals surface area contributed by atoms with E-state index < -0.39 is 0 Å². The normalized spacial score (nSPS) is 10.9. The zero-order valence-corrected chi connectivity index (χ0v) is 12.1. The smallest absolute Gasteiger partial charge is 0.223 e. The highest BCUT2D eigenvalue weighted by atomic mass is 32.2. The van der Waals surface area contributed by atoms with E-state index in [-0.39, 0.29) is 0 Å². The van der Waals surface area contributed by atoms with E-state index in [1.54, 1.807) is 0 Å². The Balaban J connectivity index is 1.94. The average Bonchev–Trinajstić information content (AvgIpc) is 2.82. The van der Waals surface area contributed by atoms with Gasteiger partial charge in [-0.3, -0.25) is 4.40 Å². The highest BCUT2D eigenvalue weighted by molar-refractivity contribution is 7.99. The summed E-state index contributed by atoms with van der Waals surface area (Å²) in [6.45, 7) is 4.76. The fourth-order valence-corrected chi connectivity index (χ4v) is 2.69. The van der Waals surface area contributed by atoms with Crippen LogP contribution < -0.4 is 5.32 Å². The molecule has 0 atom stereocenters. The van der Waals surface area contributed by atoms with Gasteiger partial charge in [0.25, 0.3) is 0 Å². The van der Waals surface area contributed by atoms with Gasteiger partial charge in [0.05, 0.1) is 0 Å². The Morgan fingerprint density at radius 2 is 2.15 bits per heavy atom. The molecule has 3 rings (SSSR count). The second kappa shape index (κ2) is 5.46. The van der Waals surface area contributed by atoms with E-state index in [0.29, 0.717) is 5.95 Å². The van der Waals surface area contributed by atoms with Crippen molar-refractivity contribution in [1.29, 1.82) is 0 Å². The Bertz CT molecular complexity index is 739. The summed E-state index contributed by atoms with van der Waals surface area (Å²) in [5.41, 5.74) is 1.75. The van der Waals surface area contributed by atoms with E-state index in [1.807, 2.05) is 48.7 Å². The van der Waals surface area contributed by atoms with Crippen LogP contribution in [0.3, 0.4) is 0 Å². The molecular weight excluding hydrogens is 272 g/mol. The van der Waals surface area contributed by atoms with Crippen LogP contribution in [-0.2, 0) is 0 Å². The van der Waals surface area contributed by atoms with Gasteiger partial charge in [-0.2, -0.15) is 0 Å². The molecule has 1 N–H and O–H groups in total. The highest BCUT2D eigenvalue weighted by Crippen LogP contribution is 2.25. The Labute approximate surface area is 120 Å². The van der Waals surface area contributed by atoms with Crippen LogP contribution in [0.4, 0.5) is 5.95 Å². The molecule has 0 aliphatic rings.